The van der Waals surface area contributed by atoms with Gasteiger partial charge in [-0.2, -0.15) is 0 Å². The van der Waals surface area contributed by atoms with Gasteiger partial charge >= 0.3 is 0 Å². The van der Waals surface area contributed by atoms with E-state index in [2.05, 4.69) is 20.9 Å². The fourth-order valence-corrected chi connectivity index (χ4v) is 2.47. The standard InChI is InChI=1S/C13H13BrFNO2/c14-10-5-3-9(4-6-10)12-16-8-13(18-12)11(15)2-1-7-17-13/h3-6,11H,1-2,7-8H2/t11-,13+/m0/s1. The van der Waals surface area contributed by atoms with Gasteiger partial charge in [0.15, 0.2) is 6.17 Å². The molecule has 0 bridgehead atoms. The van der Waals surface area contributed by atoms with Crippen molar-refractivity contribution in [3.63, 3.8) is 0 Å². The van der Waals surface area contributed by atoms with Crippen LogP contribution in [0.4, 0.5) is 4.39 Å². The first-order valence-electron chi connectivity index (χ1n) is 5.97. The van der Waals surface area contributed by atoms with Gasteiger partial charge in [-0.3, -0.25) is 0 Å². The molecule has 0 N–H and O–H groups in total. The fraction of sp³-hybridized carbons (Fsp3) is 0.462. The number of halogens is 2. The number of nitrogens with zero attached hydrogens (tertiary/aromatic N) is 1. The summed E-state index contributed by atoms with van der Waals surface area (Å²) in [5.74, 6) is -0.715. The molecule has 5 heteroatoms. The molecule has 3 rings (SSSR count). The van der Waals surface area contributed by atoms with E-state index in [0.717, 1.165) is 16.5 Å². The average Bonchev–Trinajstić information content (AvgIpc) is 2.80. The Morgan fingerprint density at radius 1 is 1.33 bits per heavy atom. The van der Waals surface area contributed by atoms with Crippen molar-refractivity contribution >= 4 is 21.8 Å². The molecule has 2 atom stereocenters. The summed E-state index contributed by atoms with van der Waals surface area (Å²) in [4.78, 5) is 4.28. The highest BCUT2D eigenvalue weighted by Gasteiger charge is 2.49. The van der Waals surface area contributed by atoms with Crippen LogP contribution in [0.5, 0.6) is 0 Å². The third kappa shape index (κ3) is 2.06. The second-order valence-corrected chi connectivity index (χ2v) is 5.42. The largest absolute Gasteiger partial charge is 0.440 e. The maximum Gasteiger partial charge on any atom is 0.263 e. The van der Waals surface area contributed by atoms with Crippen molar-refractivity contribution in [3.05, 3.63) is 34.3 Å². The molecule has 0 unspecified atom stereocenters. The molecule has 1 fully saturated rings. The van der Waals surface area contributed by atoms with E-state index in [9.17, 15) is 4.39 Å². The van der Waals surface area contributed by atoms with Gasteiger partial charge in [-0.25, -0.2) is 9.38 Å². The van der Waals surface area contributed by atoms with Crippen LogP contribution in [-0.2, 0) is 9.47 Å². The molecule has 1 aromatic carbocycles. The van der Waals surface area contributed by atoms with E-state index < -0.39 is 12.0 Å². The SMILES string of the molecule is F[C@H]1CCCO[C@@]12CN=C(c1ccc(Br)cc1)O2. The van der Waals surface area contributed by atoms with Gasteiger partial charge in [-0.05, 0) is 37.1 Å². The third-order valence-corrected chi connectivity index (χ3v) is 3.76. The van der Waals surface area contributed by atoms with Crippen molar-refractivity contribution in [1.82, 2.24) is 0 Å². The van der Waals surface area contributed by atoms with E-state index in [0.29, 0.717) is 18.9 Å². The van der Waals surface area contributed by atoms with Crippen LogP contribution in [0.25, 0.3) is 0 Å². The summed E-state index contributed by atoms with van der Waals surface area (Å²) in [6.45, 7) is 0.767. The molecule has 0 aliphatic carbocycles. The lowest BCUT2D eigenvalue weighted by molar-refractivity contribution is -0.232. The molecule has 3 nitrogen and oxygen atoms in total. The Hall–Kier alpha value is -0.940. The van der Waals surface area contributed by atoms with Crippen molar-refractivity contribution in [2.75, 3.05) is 13.2 Å². The molecular weight excluding hydrogens is 301 g/mol. The molecule has 0 amide bonds. The predicted octanol–water partition coefficient (Wildman–Crippen LogP) is 3.07. The van der Waals surface area contributed by atoms with Crippen molar-refractivity contribution in [3.8, 4) is 0 Å². The summed E-state index contributed by atoms with van der Waals surface area (Å²) >= 11 is 3.37. The quantitative estimate of drug-likeness (QED) is 0.797. The summed E-state index contributed by atoms with van der Waals surface area (Å²) in [5.41, 5.74) is 0.844. The molecular formula is C13H13BrFNO2. The number of benzene rings is 1. The molecule has 2 heterocycles. The van der Waals surface area contributed by atoms with Gasteiger partial charge in [0.2, 0.25) is 5.90 Å². The number of rotatable bonds is 1. The lowest BCUT2D eigenvalue weighted by Crippen LogP contribution is -2.49. The third-order valence-electron chi connectivity index (χ3n) is 3.23. The van der Waals surface area contributed by atoms with E-state index >= 15 is 0 Å². The topological polar surface area (TPSA) is 30.8 Å². The molecule has 2 aliphatic rings. The average molecular weight is 314 g/mol. The van der Waals surface area contributed by atoms with Crippen molar-refractivity contribution in [2.45, 2.75) is 24.8 Å². The highest BCUT2D eigenvalue weighted by atomic mass is 79.9. The van der Waals surface area contributed by atoms with E-state index in [1.54, 1.807) is 0 Å². The minimum atomic E-state index is -1.18. The second kappa shape index (κ2) is 4.63. The first-order valence-corrected chi connectivity index (χ1v) is 6.76. The van der Waals surface area contributed by atoms with Crippen LogP contribution >= 0.6 is 15.9 Å². The lowest BCUT2D eigenvalue weighted by atomic mass is 10.0. The summed E-state index contributed by atoms with van der Waals surface area (Å²) in [5, 5.41) is 0. The lowest BCUT2D eigenvalue weighted by Gasteiger charge is -2.35. The van der Waals surface area contributed by atoms with Crippen LogP contribution in [0.2, 0.25) is 0 Å². The molecule has 1 spiro atoms. The van der Waals surface area contributed by atoms with Crippen LogP contribution in [0.3, 0.4) is 0 Å². The van der Waals surface area contributed by atoms with Crippen molar-refractivity contribution < 1.29 is 13.9 Å². The number of hydrogen-bond acceptors (Lipinski definition) is 3. The Labute approximate surface area is 113 Å². The number of hydrogen-bond donors (Lipinski definition) is 0. The van der Waals surface area contributed by atoms with Gasteiger partial charge in [0.05, 0.1) is 6.61 Å². The van der Waals surface area contributed by atoms with Gasteiger partial charge in [0.1, 0.15) is 6.54 Å². The molecule has 0 aromatic heterocycles. The van der Waals surface area contributed by atoms with Gasteiger partial charge in [-0.15, -0.1) is 0 Å². The Balaban J connectivity index is 1.79. The fourth-order valence-electron chi connectivity index (χ4n) is 2.21. The van der Waals surface area contributed by atoms with E-state index in [1.165, 1.54) is 0 Å². The summed E-state index contributed by atoms with van der Waals surface area (Å²) < 4.78 is 26.1. The number of aliphatic imine (C=N–C) groups is 1. The van der Waals surface area contributed by atoms with Crippen LogP contribution in [0.15, 0.2) is 33.7 Å². The molecule has 96 valence electrons. The molecule has 18 heavy (non-hydrogen) atoms. The van der Waals surface area contributed by atoms with Crippen LogP contribution in [0.1, 0.15) is 18.4 Å². The first-order chi connectivity index (χ1) is 8.70. The van der Waals surface area contributed by atoms with Crippen molar-refractivity contribution in [2.24, 2.45) is 4.99 Å². The van der Waals surface area contributed by atoms with Gasteiger partial charge in [0.25, 0.3) is 5.79 Å². The van der Waals surface area contributed by atoms with Gasteiger partial charge in [0, 0.05) is 10.0 Å². The number of alkyl halides is 1. The van der Waals surface area contributed by atoms with Gasteiger partial charge in [-0.1, -0.05) is 15.9 Å². The van der Waals surface area contributed by atoms with E-state index in [-0.39, 0.29) is 6.54 Å². The zero-order valence-electron chi connectivity index (χ0n) is 9.73. The van der Waals surface area contributed by atoms with Gasteiger partial charge < -0.3 is 9.47 Å². The Kier molecular flexibility index (Phi) is 3.11. The molecule has 1 aromatic rings. The predicted molar refractivity (Wildman–Crippen MR) is 69.4 cm³/mol. The summed E-state index contributed by atoms with van der Waals surface area (Å²) in [7, 11) is 0. The summed E-state index contributed by atoms with van der Waals surface area (Å²) in [6, 6.07) is 7.58. The smallest absolute Gasteiger partial charge is 0.263 e. The maximum atomic E-state index is 14.0. The summed E-state index contributed by atoms with van der Waals surface area (Å²) in [6.07, 6.45) is 0.103. The Bertz CT molecular complexity index is 476. The Morgan fingerprint density at radius 2 is 2.11 bits per heavy atom. The zero-order chi connectivity index (χ0) is 12.6. The van der Waals surface area contributed by atoms with E-state index in [1.807, 2.05) is 24.3 Å². The van der Waals surface area contributed by atoms with E-state index in [4.69, 9.17) is 9.47 Å². The highest BCUT2D eigenvalue weighted by Crippen LogP contribution is 2.34. The molecule has 0 radical (unpaired) electrons. The Morgan fingerprint density at radius 3 is 2.83 bits per heavy atom. The monoisotopic (exact) mass is 313 g/mol. The minimum Gasteiger partial charge on any atom is -0.440 e. The minimum absolute atomic E-state index is 0.236. The first kappa shape index (κ1) is 12.1. The van der Waals surface area contributed by atoms with Crippen LogP contribution < -0.4 is 0 Å². The van der Waals surface area contributed by atoms with Crippen molar-refractivity contribution in [1.29, 1.82) is 0 Å². The molecule has 1 saturated heterocycles. The molecule has 2 aliphatic heterocycles. The maximum absolute atomic E-state index is 14.0. The molecule has 0 saturated carbocycles. The second-order valence-electron chi connectivity index (χ2n) is 4.50. The van der Waals surface area contributed by atoms with Crippen LogP contribution in [-0.4, -0.2) is 31.0 Å². The van der Waals surface area contributed by atoms with Crippen LogP contribution in [0, 0.1) is 0 Å². The number of ether oxygens (including phenoxy) is 2. The normalized spacial score (nSPS) is 31.2. The zero-order valence-corrected chi connectivity index (χ0v) is 11.3. The highest BCUT2D eigenvalue weighted by molar-refractivity contribution is 9.10.